The average molecular weight is 258 g/mol. The molecule has 0 bridgehead atoms. The van der Waals surface area contributed by atoms with Crippen LogP contribution in [0.25, 0.3) is 0 Å². The molecule has 0 fully saturated rings. The maximum Gasteiger partial charge on any atom is 0.323 e. The fourth-order valence-electron chi connectivity index (χ4n) is 1.34. The van der Waals surface area contributed by atoms with E-state index >= 15 is 0 Å². The number of phenolic OH excluding ortho intramolecular Hbond substituents is 1. The van der Waals surface area contributed by atoms with Gasteiger partial charge in [0.1, 0.15) is 12.3 Å². The van der Waals surface area contributed by atoms with Gasteiger partial charge in [-0.25, -0.2) is 0 Å². The SMILES string of the molecule is CCN(CC(=O)O)C(=O)c1cc(Cl)ccc1O. The largest absolute Gasteiger partial charge is 0.507 e. The van der Waals surface area contributed by atoms with E-state index in [0.717, 1.165) is 4.90 Å². The predicted molar refractivity (Wildman–Crippen MR) is 62.3 cm³/mol. The number of hydrogen-bond donors (Lipinski definition) is 2. The lowest BCUT2D eigenvalue weighted by molar-refractivity contribution is -0.137. The van der Waals surface area contributed by atoms with E-state index < -0.39 is 18.4 Å². The standard InChI is InChI=1S/C11H12ClNO4/c1-2-13(6-10(15)16)11(17)8-5-7(12)3-4-9(8)14/h3-5,14H,2,6H2,1H3,(H,15,16). The lowest BCUT2D eigenvalue weighted by atomic mass is 10.1. The second-order valence-electron chi connectivity index (χ2n) is 3.37. The van der Waals surface area contributed by atoms with Crippen molar-refractivity contribution in [2.75, 3.05) is 13.1 Å². The quantitative estimate of drug-likeness (QED) is 0.859. The summed E-state index contributed by atoms with van der Waals surface area (Å²) in [6.07, 6.45) is 0. The minimum absolute atomic E-state index is 0.000556. The van der Waals surface area contributed by atoms with Gasteiger partial charge in [0, 0.05) is 11.6 Å². The van der Waals surface area contributed by atoms with Gasteiger partial charge in [0.2, 0.25) is 0 Å². The highest BCUT2D eigenvalue weighted by Crippen LogP contribution is 2.22. The van der Waals surface area contributed by atoms with Crippen LogP contribution in [-0.2, 0) is 4.79 Å². The second kappa shape index (κ2) is 5.54. The molecule has 0 saturated heterocycles. The summed E-state index contributed by atoms with van der Waals surface area (Å²) >= 11 is 5.72. The average Bonchev–Trinajstić information content (AvgIpc) is 2.28. The zero-order chi connectivity index (χ0) is 13.0. The molecular weight excluding hydrogens is 246 g/mol. The smallest absolute Gasteiger partial charge is 0.323 e. The number of carboxylic acid groups (broad SMARTS) is 1. The normalized spacial score (nSPS) is 10.0. The van der Waals surface area contributed by atoms with Gasteiger partial charge in [-0.05, 0) is 25.1 Å². The van der Waals surface area contributed by atoms with Crippen molar-refractivity contribution in [2.24, 2.45) is 0 Å². The van der Waals surface area contributed by atoms with Gasteiger partial charge < -0.3 is 15.1 Å². The highest BCUT2D eigenvalue weighted by molar-refractivity contribution is 6.31. The van der Waals surface area contributed by atoms with E-state index in [9.17, 15) is 14.7 Å². The molecule has 0 radical (unpaired) electrons. The molecule has 1 aromatic rings. The van der Waals surface area contributed by atoms with Crippen LogP contribution in [-0.4, -0.2) is 40.1 Å². The maximum atomic E-state index is 11.9. The van der Waals surface area contributed by atoms with E-state index in [-0.39, 0.29) is 17.9 Å². The molecule has 1 rings (SSSR count). The van der Waals surface area contributed by atoms with Crippen LogP contribution in [0, 0.1) is 0 Å². The molecule has 0 atom stereocenters. The number of hydrogen-bond acceptors (Lipinski definition) is 3. The summed E-state index contributed by atoms with van der Waals surface area (Å²) in [4.78, 5) is 23.6. The molecule has 0 saturated carbocycles. The molecule has 2 N–H and O–H groups in total. The number of nitrogens with zero attached hydrogens (tertiary/aromatic N) is 1. The van der Waals surface area contributed by atoms with Crippen molar-refractivity contribution >= 4 is 23.5 Å². The Morgan fingerprint density at radius 2 is 2.06 bits per heavy atom. The molecular formula is C11H12ClNO4. The number of carbonyl (C=O) groups is 2. The Kier molecular flexibility index (Phi) is 4.34. The molecule has 0 aliphatic rings. The molecule has 92 valence electrons. The van der Waals surface area contributed by atoms with Crippen molar-refractivity contribution in [1.82, 2.24) is 4.90 Å². The fraction of sp³-hybridized carbons (Fsp3) is 0.273. The molecule has 0 aliphatic carbocycles. The zero-order valence-corrected chi connectivity index (χ0v) is 9.94. The molecule has 0 aliphatic heterocycles. The number of aliphatic carboxylic acids is 1. The van der Waals surface area contributed by atoms with Gasteiger partial charge in [0.05, 0.1) is 5.56 Å². The van der Waals surface area contributed by atoms with Crippen LogP contribution < -0.4 is 0 Å². The summed E-state index contributed by atoms with van der Waals surface area (Å²) in [7, 11) is 0. The molecule has 0 aromatic heterocycles. The van der Waals surface area contributed by atoms with Crippen molar-refractivity contribution in [3.63, 3.8) is 0 Å². The Labute approximate surface area is 103 Å². The fourth-order valence-corrected chi connectivity index (χ4v) is 1.51. The lowest BCUT2D eigenvalue weighted by Gasteiger charge is -2.19. The summed E-state index contributed by atoms with van der Waals surface area (Å²) in [6, 6.07) is 4.05. The van der Waals surface area contributed by atoms with Crippen LogP contribution in [0.15, 0.2) is 18.2 Å². The van der Waals surface area contributed by atoms with E-state index in [0.29, 0.717) is 5.02 Å². The highest BCUT2D eigenvalue weighted by Gasteiger charge is 2.19. The van der Waals surface area contributed by atoms with Gasteiger partial charge in [-0.1, -0.05) is 11.6 Å². The van der Waals surface area contributed by atoms with Gasteiger partial charge in [-0.15, -0.1) is 0 Å². The molecule has 1 aromatic carbocycles. The Balaban J connectivity index is 3.01. The number of aromatic hydroxyl groups is 1. The van der Waals surface area contributed by atoms with E-state index in [1.807, 2.05) is 0 Å². The number of carboxylic acids is 1. The Hall–Kier alpha value is -1.75. The van der Waals surface area contributed by atoms with Gasteiger partial charge in [0.15, 0.2) is 0 Å². The number of amides is 1. The van der Waals surface area contributed by atoms with Crippen LogP contribution in [0.5, 0.6) is 5.75 Å². The van der Waals surface area contributed by atoms with E-state index in [1.54, 1.807) is 6.92 Å². The van der Waals surface area contributed by atoms with Gasteiger partial charge in [-0.2, -0.15) is 0 Å². The third-order valence-electron chi connectivity index (χ3n) is 2.18. The molecule has 17 heavy (non-hydrogen) atoms. The monoisotopic (exact) mass is 257 g/mol. The van der Waals surface area contributed by atoms with E-state index in [4.69, 9.17) is 16.7 Å². The molecule has 1 amide bonds. The topological polar surface area (TPSA) is 77.8 Å². The third-order valence-corrected chi connectivity index (χ3v) is 2.42. The Bertz CT molecular complexity index is 447. The van der Waals surface area contributed by atoms with Crippen LogP contribution in [0.2, 0.25) is 5.02 Å². The van der Waals surface area contributed by atoms with Crippen LogP contribution in [0.4, 0.5) is 0 Å². The van der Waals surface area contributed by atoms with Crippen LogP contribution in [0.1, 0.15) is 17.3 Å². The zero-order valence-electron chi connectivity index (χ0n) is 9.18. The summed E-state index contributed by atoms with van der Waals surface area (Å²) in [5.74, 6) is -1.89. The van der Waals surface area contributed by atoms with Gasteiger partial charge in [0.25, 0.3) is 5.91 Å². The molecule has 5 nitrogen and oxygen atoms in total. The summed E-state index contributed by atoms with van der Waals surface area (Å²) in [5.41, 5.74) is 0.000556. The Morgan fingerprint density at radius 3 is 2.59 bits per heavy atom. The number of phenols is 1. The number of halogens is 1. The van der Waals surface area contributed by atoms with Crippen molar-refractivity contribution in [1.29, 1.82) is 0 Å². The summed E-state index contributed by atoms with van der Waals surface area (Å²) in [5, 5.41) is 18.5. The summed E-state index contributed by atoms with van der Waals surface area (Å²) < 4.78 is 0. The van der Waals surface area contributed by atoms with Gasteiger partial charge in [-0.3, -0.25) is 9.59 Å². The number of benzene rings is 1. The molecule has 0 heterocycles. The first kappa shape index (κ1) is 13.3. The first-order chi connectivity index (χ1) is 7.95. The van der Waals surface area contributed by atoms with E-state index in [2.05, 4.69) is 0 Å². The van der Waals surface area contributed by atoms with Crippen LogP contribution >= 0.6 is 11.6 Å². The third kappa shape index (κ3) is 3.35. The Morgan fingerprint density at radius 1 is 1.41 bits per heavy atom. The van der Waals surface area contributed by atoms with Crippen molar-refractivity contribution < 1.29 is 19.8 Å². The van der Waals surface area contributed by atoms with Crippen molar-refractivity contribution in [2.45, 2.75) is 6.92 Å². The predicted octanol–water partition coefficient (Wildman–Crippen LogP) is 1.59. The van der Waals surface area contributed by atoms with Crippen molar-refractivity contribution in [3.8, 4) is 5.75 Å². The summed E-state index contributed by atoms with van der Waals surface area (Å²) in [6.45, 7) is 1.47. The highest BCUT2D eigenvalue weighted by atomic mass is 35.5. The molecule has 6 heteroatoms. The molecule has 0 spiro atoms. The van der Waals surface area contributed by atoms with Gasteiger partial charge >= 0.3 is 5.97 Å². The van der Waals surface area contributed by atoms with Crippen LogP contribution in [0.3, 0.4) is 0 Å². The minimum Gasteiger partial charge on any atom is -0.507 e. The number of carbonyl (C=O) groups excluding carboxylic acids is 1. The number of likely N-dealkylation sites (N-methyl/N-ethyl adjacent to an activating group) is 1. The first-order valence-corrected chi connectivity index (χ1v) is 5.33. The lowest BCUT2D eigenvalue weighted by Crippen LogP contribution is -2.35. The molecule has 0 unspecified atom stereocenters. The number of rotatable bonds is 4. The van der Waals surface area contributed by atoms with E-state index in [1.165, 1.54) is 18.2 Å². The second-order valence-corrected chi connectivity index (χ2v) is 3.81. The van der Waals surface area contributed by atoms with Crippen molar-refractivity contribution in [3.05, 3.63) is 28.8 Å². The first-order valence-electron chi connectivity index (χ1n) is 4.95. The maximum absolute atomic E-state index is 11.9. The minimum atomic E-state index is -1.11.